The van der Waals surface area contributed by atoms with Gasteiger partial charge in [0.15, 0.2) is 11.5 Å². The summed E-state index contributed by atoms with van der Waals surface area (Å²) in [7, 11) is 0. The Kier molecular flexibility index (Phi) is 3.12. The minimum Gasteiger partial charge on any atom is -0.454 e. The normalized spacial score (nSPS) is 12.2. The van der Waals surface area contributed by atoms with Crippen molar-refractivity contribution in [1.29, 1.82) is 0 Å². The van der Waals surface area contributed by atoms with Gasteiger partial charge in [0.2, 0.25) is 6.79 Å². The molecule has 3 N–H and O–H groups in total. The summed E-state index contributed by atoms with van der Waals surface area (Å²) < 4.78 is 10.5. The van der Waals surface area contributed by atoms with E-state index in [4.69, 9.17) is 15.2 Å². The van der Waals surface area contributed by atoms with Gasteiger partial charge in [-0.05, 0) is 29.8 Å². The van der Waals surface area contributed by atoms with Gasteiger partial charge in [-0.1, -0.05) is 6.07 Å². The van der Waals surface area contributed by atoms with Crippen LogP contribution in [0.15, 0.2) is 36.5 Å². The molecule has 0 saturated carbocycles. The number of nitrogens with zero attached hydrogens (tertiary/aromatic N) is 1. The second-order valence-electron chi connectivity index (χ2n) is 4.31. The molecule has 102 valence electrons. The van der Waals surface area contributed by atoms with Crippen LogP contribution in [-0.4, -0.2) is 17.7 Å². The number of aromatic nitrogens is 1. The zero-order valence-electron chi connectivity index (χ0n) is 10.6. The number of nitrogen functional groups attached to an aromatic ring is 1. The molecule has 1 amide bonds. The van der Waals surface area contributed by atoms with E-state index < -0.39 is 0 Å². The largest absolute Gasteiger partial charge is 0.454 e. The van der Waals surface area contributed by atoms with Crippen LogP contribution in [0.1, 0.15) is 15.9 Å². The van der Waals surface area contributed by atoms with Gasteiger partial charge >= 0.3 is 0 Å². The Morgan fingerprint density at radius 3 is 3.00 bits per heavy atom. The van der Waals surface area contributed by atoms with E-state index in [0.717, 1.165) is 11.3 Å². The predicted molar refractivity (Wildman–Crippen MR) is 72.4 cm³/mol. The molecule has 1 aliphatic rings. The second-order valence-corrected chi connectivity index (χ2v) is 4.31. The molecule has 6 heteroatoms. The molecule has 20 heavy (non-hydrogen) atoms. The Labute approximate surface area is 115 Å². The van der Waals surface area contributed by atoms with E-state index in [0.29, 0.717) is 17.9 Å². The van der Waals surface area contributed by atoms with E-state index in [1.807, 2.05) is 18.2 Å². The highest BCUT2D eigenvalue weighted by Gasteiger charge is 2.14. The fourth-order valence-electron chi connectivity index (χ4n) is 1.94. The molecule has 0 bridgehead atoms. The Balaban J connectivity index is 1.68. The number of ether oxygens (including phenoxy) is 2. The first-order valence-corrected chi connectivity index (χ1v) is 6.11. The van der Waals surface area contributed by atoms with Gasteiger partial charge < -0.3 is 20.5 Å². The number of rotatable bonds is 3. The third-order valence-corrected chi connectivity index (χ3v) is 2.97. The Bertz CT molecular complexity index is 658. The number of hydrogen-bond donors (Lipinski definition) is 2. The van der Waals surface area contributed by atoms with Crippen LogP contribution in [0.25, 0.3) is 0 Å². The summed E-state index contributed by atoms with van der Waals surface area (Å²) in [5.41, 5.74) is 6.95. The van der Waals surface area contributed by atoms with Gasteiger partial charge in [0, 0.05) is 12.7 Å². The molecule has 3 rings (SSSR count). The fraction of sp³-hybridized carbons (Fsp3) is 0.143. The van der Waals surface area contributed by atoms with Crippen molar-refractivity contribution in [3.63, 3.8) is 0 Å². The van der Waals surface area contributed by atoms with Gasteiger partial charge in [-0.3, -0.25) is 4.79 Å². The van der Waals surface area contributed by atoms with Crippen molar-refractivity contribution in [2.24, 2.45) is 0 Å². The van der Waals surface area contributed by atoms with Crippen LogP contribution in [0, 0.1) is 0 Å². The third kappa shape index (κ3) is 2.35. The molecule has 1 aromatic carbocycles. The zero-order chi connectivity index (χ0) is 13.9. The van der Waals surface area contributed by atoms with E-state index >= 15 is 0 Å². The lowest BCUT2D eigenvalue weighted by Crippen LogP contribution is -2.24. The number of carbonyl (C=O) groups excluding carboxylic acids is 1. The molecule has 0 atom stereocenters. The maximum atomic E-state index is 12.0. The summed E-state index contributed by atoms with van der Waals surface area (Å²) in [5.74, 6) is 1.37. The van der Waals surface area contributed by atoms with Crippen LogP contribution < -0.4 is 20.5 Å². The number of nitrogens with one attached hydrogen (secondary N) is 1. The molecule has 2 heterocycles. The Hall–Kier alpha value is -2.76. The highest BCUT2D eigenvalue weighted by molar-refractivity contribution is 5.98. The van der Waals surface area contributed by atoms with E-state index in [1.165, 1.54) is 0 Å². The number of fused-ring (bicyclic) bond motifs is 1. The number of amides is 1. The highest BCUT2D eigenvalue weighted by atomic mass is 16.7. The van der Waals surface area contributed by atoms with Gasteiger partial charge in [-0.25, -0.2) is 4.98 Å². The van der Waals surface area contributed by atoms with Crippen LogP contribution >= 0.6 is 0 Å². The zero-order valence-corrected chi connectivity index (χ0v) is 10.6. The summed E-state index contributed by atoms with van der Waals surface area (Å²) in [6.07, 6.45) is 1.55. The number of anilines is 1. The number of benzene rings is 1. The molecule has 1 aliphatic heterocycles. The van der Waals surface area contributed by atoms with E-state index in [-0.39, 0.29) is 18.5 Å². The molecular formula is C14H13N3O3. The van der Waals surface area contributed by atoms with Crippen molar-refractivity contribution < 1.29 is 14.3 Å². The molecule has 6 nitrogen and oxygen atoms in total. The number of pyridine rings is 1. The van der Waals surface area contributed by atoms with Crippen molar-refractivity contribution in [3.05, 3.63) is 47.7 Å². The topological polar surface area (TPSA) is 86.5 Å². The first kappa shape index (κ1) is 12.3. The quantitative estimate of drug-likeness (QED) is 0.879. The maximum Gasteiger partial charge on any atom is 0.255 e. The third-order valence-electron chi connectivity index (χ3n) is 2.97. The van der Waals surface area contributed by atoms with Crippen LogP contribution in [0.2, 0.25) is 0 Å². The smallest absolute Gasteiger partial charge is 0.255 e. The van der Waals surface area contributed by atoms with Crippen LogP contribution in [0.5, 0.6) is 11.5 Å². The molecule has 0 saturated heterocycles. The molecule has 0 radical (unpaired) electrons. The number of nitrogens with two attached hydrogens (primary N) is 1. The Morgan fingerprint density at radius 1 is 1.30 bits per heavy atom. The first-order chi connectivity index (χ1) is 9.74. The lowest BCUT2D eigenvalue weighted by Gasteiger charge is -2.07. The average Bonchev–Trinajstić information content (AvgIpc) is 2.92. The SMILES string of the molecule is Nc1ncccc1C(=O)NCc1ccc2c(c1)OCO2. The van der Waals surface area contributed by atoms with E-state index in [9.17, 15) is 4.79 Å². The molecule has 0 fully saturated rings. The van der Waals surface area contributed by atoms with Crippen molar-refractivity contribution >= 4 is 11.7 Å². The summed E-state index contributed by atoms with van der Waals surface area (Å²) in [5, 5.41) is 2.79. The van der Waals surface area contributed by atoms with Gasteiger partial charge in [-0.15, -0.1) is 0 Å². The monoisotopic (exact) mass is 271 g/mol. The van der Waals surface area contributed by atoms with Crippen LogP contribution in [0.3, 0.4) is 0 Å². The van der Waals surface area contributed by atoms with Gasteiger partial charge in [0.05, 0.1) is 5.56 Å². The van der Waals surface area contributed by atoms with Crippen LogP contribution in [0.4, 0.5) is 5.82 Å². The summed E-state index contributed by atoms with van der Waals surface area (Å²) in [6, 6.07) is 8.85. The number of carbonyl (C=O) groups is 1. The second kappa shape index (κ2) is 5.08. The summed E-state index contributed by atoms with van der Waals surface area (Å²) in [6.45, 7) is 0.612. The fourth-order valence-corrected chi connectivity index (χ4v) is 1.94. The maximum absolute atomic E-state index is 12.0. The van der Waals surface area contributed by atoms with Crippen molar-refractivity contribution in [3.8, 4) is 11.5 Å². The standard InChI is InChI=1S/C14H13N3O3/c15-13-10(2-1-5-16-13)14(18)17-7-9-3-4-11-12(6-9)20-8-19-11/h1-6H,7-8H2,(H2,15,16)(H,17,18). The molecule has 0 unspecified atom stereocenters. The molecule has 0 aliphatic carbocycles. The average molecular weight is 271 g/mol. The van der Waals surface area contributed by atoms with Crippen molar-refractivity contribution in [2.75, 3.05) is 12.5 Å². The lowest BCUT2D eigenvalue weighted by molar-refractivity contribution is 0.0951. The van der Waals surface area contributed by atoms with Crippen LogP contribution in [-0.2, 0) is 6.54 Å². The molecular weight excluding hydrogens is 258 g/mol. The molecule has 0 spiro atoms. The van der Waals surface area contributed by atoms with Crippen molar-refractivity contribution in [1.82, 2.24) is 10.3 Å². The Morgan fingerprint density at radius 2 is 2.15 bits per heavy atom. The minimum absolute atomic E-state index is 0.218. The predicted octanol–water partition coefficient (Wildman–Crippen LogP) is 1.32. The van der Waals surface area contributed by atoms with Gasteiger partial charge in [0.1, 0.15) is 5.82 Å². The lowest BCUT2D eigenvalue weighted by atomic mass is 10.2. The number of hydrogen-bond acceptors (Lipinski definition) is 5. The van der Waals surface area contributed by atoms with E-state index in [2.05, 4.69) is 10.3 Å². The van der Waals surface area contributed by atoms with Gasteiger partial charge in [0.25, 0.3) is 5.91 Å². The summed E-state index contributed by atoms with van der Waals surface area (Å²) >= 11 is 0. The minimum atomic E-state index is -0.256. The highest BCUT2D eigenvalue weighted by Crippen LogP contribution is 2.32. The van der Waals surface area contributed by atoms with Gasteiger partial charge in [-0.2, -0.15) is 0 Å². The van der Waals surface area contributed by atoms with Crippen molar-refractivity contribution in [2.45, 2.75) is 6.54 Å². The molecule has 2 aromatic rings. The first-order valence-electron chi connectivity index (χ1n) is 6.11. The molecule has 1 aromatic heterocycles. The van der Waals surface area contributed by atoms with E-state index in [1.54, 1.807) is 18.3 Å². The summed E-state index contributed by atoms with van der Waals surface area (Å²) in [4.78, 5) is 15.9.